The molecule has 116 valence electrons. The lowest BCUT2D eigenvalue weighted by atomic mass is 10.2. The van der Waals surface area contributed by atoms with Crippen molar-refractivity contribution in [3.63, 3.8) is 0 Å². The van der Waals surface area contributed by atoms with Crippen molar-refractivity contribution in [1.29, 1.82) is 0 Å². The summed E-state index contributed by atoms with van der Waals surface area (Å²) in [4.78, 5) is 23.8. The highest BCUT2D eigenvalue weighted by Gasteiger charge is 2.26. The third-order valence-corrected chi connectivity index (χ3v) is 4.53. The number of hydrogen-bond acceptors (Lipinski definition) is 7. The van der Waals surface area contributed by atoms with E-state index in [1.165, 1.54) is 11.8 Å². The van der Waals surface area contributed by atoms with Gasteiger partial charge in [0.05, 0.1) is 0 Å². The van der Waals surface area contributed by atoms with Crippen LogP contribution in [0.4, 0.5) is 5.82 Å². The standard InChI is InChI=1S/C10H13N3O6S2/c1-20-5-4-8(10(14)15)12-21(18,19)7-2-3-9(11-6-7)13(16)17/h2-3,6,8,12H,4-5H2,1H3,(H,14,15)/t8-/m0/s1. The Balaban J connectivity index is 2.93. The van der Waals surface area contributed by atoms with E-state index in [2.05, 4.69) is 4.98 Å². The fraction of sp³-hybridized carbons (Fsp3) is 0.400. The van der Waals surface area contributed by atoms with Gasteiger partial charge in [-0.1, -0.05) is 0 Å². The van der Waals surface area contributed by atoms with Crippen molar-refractivity contribution >= 4 is 33.6 Å². The van der Waals surface area contributed by atoms with Gasteiger partial charge in [0.15, 0.2) is 6.20 Å². The summed E-state index contributed by atoms with van der Waals surface area (Å²) in [5.41, 5.74) is 0. The van der Waals surface area contributed by atoms with Crippen LogP contribution in [0.3, 0.4) is 0 Å². The monoisotopic (exact) mass is 335 g/mol. The Morgan fingerprint density at radius 2 is 2.24 bits per heavy atom. The maximum atomic E-state index is 12.0. The number of carboxylic acids is 1. The molecule has 0 aromatic carbocycles. The number of carbonyl (C=O) groups is 1. The van der Waals surface area contributed by atoms with Gasteiger partial charge in [-0.2, -0.15) is 16.5 Å². The van der Waals surface area contributed by atoms with Gasteiger partial charge in [0.25, 0.3) is 0 Å². The van der Waals surface area contributed by atoms with Crippen LogP contribution in [0.2, 0.25) is 0 Å². The molecule has 1 aromatic rings. The second kappa shape index (κ2) is 7.33. The molecule has 1 atom stereocenters. The summed E-state index contributed by atoms with van der Waals surface area (Å²) in [6.07, 6.45) is 2.71. The molecule has 0 bridgehead atoms. The second-order valence-corrected chi connectivity index (χ2v) is 6.60. The Morgan fingerprint density at radius 3 is 2.67 bits per heavy atom. The number of nitrogens with one attached hydrogen (secondary N) is 1. The topological polar surface area (TPSA) is 140 Å². The van der Waals surface area contributed by atoms with Crippen molar-refractivity contribution in [1.82, 2.24) is 9.71 Å². The summed E-state index contributed by atoms with van der Waals surface area (Å²) in [6.45, 7) is 0. The molecule has 0 amide bonds. The van der Waals surface area contributed by atoms with Crippen molar-refractivity contribution in [3.05, 3.63) is 28.4 Å². The van der Waals surface area contributed by atoms with E-state index in [1.807, 2.05) is 4.72 Å². The molecule has 1 heterocycles. The van der Waals surface area contributed by atoms with E-state index in [4.69, 9.17) is 5.11 Å². The number of hydrogen-bond donors (Lipinski definition) is 2. The predicted molar refractivity (Wildman–Crippen MR) is 75.6 cm³/mol. The molecule has 0 aliphatic carbocycles. The molecule has 0 aliphatic heterocycles. The average molecular weight is 335 g/mol. The highest BCUT2D eigenvalue weighted by atomic mass is 32.2. The van der Waals surface area contributed by atoms with Gasteiger partial charge < -0.3 is 15.2 Å². The normalized spacial score (nSPS) is 12.8. The van der Waals surface area contributed by atoms with E-state index in [1.54, 1.807) is 6.26 Å². The number of sulfonamides is 1. The summed E-state index contributed by atoms with van der Waals surface area (Å²) in [7, 11) is -4.10. The van der Waals surface area contributed by atoms with Crippen LogP contribution >= 0.6 is 11.8 Å². The lowest BCUT2D eigenvalue weighted by Crippen LogP contribution is -2.41. The molecule has 0 saturated carbocycles. The third kappa shape index (κ3) is 4.95. The van der Waals surface area contributed by atoms with Crippen LogP contribution in [0.1, 0.15) is 6.42 Å². The molecule has 9 nitrogen and oxygen atoms in total. The highest BCUT2D eigenvalue weighted by Crippen LogP contribution is 2.13. The first-order valence-electron chi connectivity index (χ1n) is 5.62. The van der Waals surface area contributed by atoms with Gasteiger partial charge in [-0.05, 0) is 34.4 Å². The van der Waals surface area contributed by atoms with Gasteiger partial charge >= 0.3 is 11.8 Å². The van der Waals surface area contributed by atoms with Gasteiger partial charge in [0.2, 0.25) is 10.0 Å². The molecular weight excluding hydrogens is 322 g/mol. The molecule has 2 N–H and O–H groups in total. The maximum Gasteiger partial charge on any atom is 0.363 e. The Hall–Kier alpha value is -1.72. The Labute approximate surface area is 125 Å². The SMILES string of the molecule is CSCC[C@H](NS(=O)(=O)c1ccc([N+](=O)[O-])nc1)C(=O)O. The first kappa shape index (κ1) is 17.3. The smallest absolute Gasteiger partial charge is 0.363 e. The number of nitrogens with zero attached hydrogens (tertiary/aromatic N) is 2. The molecule has 21 heavy (non-hydrogen) atoms. The summed E-state index contributed by atoms with van der Waals surface area (Å²) in [5, 5.41) is 19.4. The zero-order chi connectivity index (χ0) is 16.0. The van der Waals surface area contributed by atoms with E-state index < -0.39 is 32.8 Å². The summed E-state index contributed by atoms with van der Waals surface area (Å²) >= 11 is 1.39. The average Bonchev–Trinajstić information content (AvgIpc) is 2.43. The van der Waals surface area contributed by atoms with Gasteiger partial charge in [0.1, 0.15) is 10.9 Å². The third-order valence-electron chi connectivity index (χ3n) is 2.42. The van der Waals surface area contributed by atoms with Gasteiger partial charge in [0, 0.05) is 6.07 Å². The van der Waals surface area contributed by atoms with Crippen LogP contribution in [-0.4, -0.2) is 47.5 Å². The van der Waals surface area contributed by atoms with Crippen molar-refractivity contribution < 1.29 is 23.2 Å². The summed E-state index contributed by atoms with van der Waals surface area (Å²) in [6, 6.07) is 0.672. The first-order valence-corrected chi connectivity index (χ1v) is 8.50. The minimum absolute atomic E-state index is 0.121. The zero-order valence-electron chi connectivity index (χ0n) is 10.9. The van der Waals surface area contributed by atoms with Crippen molar-refractivity contribution in [2.75, 3.05) is 12.0 Å². The molecule has 0 spiro atoms. The number of pyridine rings is 1. The lowest BCUT2D eigenvalue weighted by Gasteiger charge is -2.13. The predicted octanol–water partition coefficient (Wildman–Crippen LogP) is 0.474. The number of thioether (sulfide) groups is 1. The Morgan fingerprint density at radius 1 is 1.57 bits per heavy atom. The molecule has 11 heteroatoms. The van der Waals surface area contributed by atoms with E-state index in [-0.39, 0.29) is 11.3 Å². The van der Waals surface area contributed by atoms with Gasteiger partial charge in [-0.15, -0.1) is 0 Å². The molecule has 1 rings (SSSR count). The van der Waals surface area contributed by atoms with Crippen LogP contribution in [0.5, 0.6) is 0 Å². The largest absolute Gasteiger partial charge is 0.480 e. The maximum absolute atomic E-state index is 12.0. The van der Waals surface area contributed by atoms with Crippen LogP contribution < -0.4 is 4.72 Å². The van der Waals surface area contributed by atoms with Crippen molar-refractivity contribution in [2.24, 2.45) is 0 Å². The lowest BCUT2D eigenvalue weighted by molar-refractivity contribution is -0.389. The molecule has 1 aromatic heterocycles. The van der Waals surface area contributed by atoms with Gasteiger partial charge in [-0.25, -0.2) is 8.42 Å². The van der Waals surface area contributed by atoms with E-state index >= 15 is 0 Å². The number of carboxylic acid groups (broad SMARTS) is 1. The van der Waals surface area contributed by atoms with Crippen LogP contribution in [-0.2, 0) is 14.8 Å². The number of rotatable bonds is 8. The van der Waals surface area contributed by atoms with E-state index in [0.29, 0.717) is 5.75 Å². The quantitative estimate of drug-likeness (QED) is 0.516. The fourth-order valence-corrected chi connectivity index (χ4v) is 3.00. The number of aliphatic carboxylic acids is 1. The van der Waals surface area contributed by atoms with E-state index in [9.17, 15) is 23.3 Å². The molecule has 0 unspecified atom stereocenters. The molecule has 0 aliphatic rings. The Bertz CT molecular complexity index is 616. The summed E-state index contributed by atoms with van der Waals surface area (Å²) < 4.78 is 26.0. The first-order chi connectivity index (χ1) is 9.77. The Kier molecular flexibility index (Phi) is 6.05. The highest BCUT2D eigenvalue weighted by molar-refractivity contribution is 7.98. The van der Waals surface area contributed by atoms with Crippen LogP contribution in [0.25, 0.3) is 0 Å². The number of aromatic nitrogens is 1. The summed E-state index contributed by atoms with van der Waals surface area (Å²) in [5.74, 6) is -1.31. The molecule has 0 fully saturated rings. The van der Waals surface area contributed by atoms with Crippen molar-refractivity contribution in [3.8, 4) is 0 Å². The van der Waals surface area contributed by atoms with Crippen LogP contribution in [0, 0.1) is 10.1 Å². The van der Waals surface area contributed by atoms with Crippen molar-refractivity contribution in [2.45, 2.75) is 17.4 Å². The minimum atomic E-state index is -4.10. The van der Waals surface area contributed by atoms with Crippen LogP contribution in [0.15, 0.2) is 23.2 Å². The minimum Gasteiger partial charge on any atom is -0.480 e. The molecular formula is C10H13N3O6S2. The second-order valence-electron chi connectivity index (χ2n) is 3.90. The van der Waals surface area contributed by atoms with Gasteiger partial charge in [-0.3, -0.25) is 4.79 Å². The zero-order valence-corrected chi connectivity index (χ0v) is 12.6. The van der Waals surface area contributed by atoms with E-state index in [0.717, 1.165) is 18.3 Å². The molecule has 0 saturated heterocycles. The number of nitro groups is 1. The fourth-order valence-electron chi connectivity index (χ4n) is 1.36. The molecule has 0 radical (unpaired) electrons.